The third kappa shape index (κ3) is 5.46. The zero-order valence-electron chi connectivity index (χ0n) is 13.1. The number of halogens is 1. The Morgan fingerprint density at radius 1 is 1.17 bits per heavy atom. The molecule has 0 aliphatic heterocycles. The van der Waals surface area contributed by atoms with Crippen LogP contribution in [0.3, 0.4) is 0 Å². The standard InChI is InChI=1S/C19H20ClNO2/c1-2-3-14-23-18-11-7-4-8-15(18)12-13-19(22)21-17-10-6-5-9-16(17)20/h4-13H,2-3,14H2,1H3,(H,21,22)/b13-12+. The lowest BCUT2D eigenvalue weighted by molar-refractivity contribution is -0.111. The van der Waals surface area contributed by atoms with E-state index in [2.05, 4.69) is 12.2 Å². The first-order chi connectivity index (χ1) is 11.2. The van der Waals surface area contributed by atoms with Crippen molar-refractivity contribution in [2.75, 3.05) is 11.9 Å². The number of para-hydroxylation sites is 2. The first-order valence-electron chi connectivity index (χ1n) is 7.66. The summed E-state index contributed by atoms with van der Waals surface area (Å²) in [5.74, 6) is 0.546. The monoisotopic (exact) mass is 329 g/mol. The van der Waals surface area contributed by atoms with Crippen molar-refractivity contribution >= 4 is 29.3 Å². The fourth-order valence-electron chi connectivity index (χ4n) is 1.98. The van der Waals surface area contributed by atoms with Crippen molar-refractivity contribution in [3.8, 4) is 5.75 Å². The Hall–Kier alpha value is -2.26. The normalized spacial score (nSPS) is 10.7. The zero-order valence-corrected chi connectivity index (χ0v) is 13.8. The third-order valence-corrected chi connectivity index (χ3v) is 3.55. The van der Waals surface area contributed by atoms with E-state index in [4.69, 9.17) is 16.3 Å². The summed E-state index contributed by atoms with van der Waals surface area (Å²) < 4.78 is 5.74. The van der Waals surface area contributed by atoms with Crippen molar-refractivity contribution in [1.82, 2.24) is 0 Å². The van der Waals surface area contributed by atoms with E-state index < -0.39 is 0 Å². The molecule has 0 fully saturated rings. The Bertz CT molecular complexity index is 683. The lowest BCUT2D eigenvalue weighted by atomic mass is 10.2. The van der Waals surface area contributed by atoms with Crippen molar-refractivity contribution in [2.24, 2.45) is 0 Å². The Labute approximate surface area is 141 Å². The molecule has 2 rings (SSSR count). The predicted octanol–water partition coefficient (Wildman–Crippen LogP) is 5.17. The molecule has 1 N–H and O–H groups in total. The summed E-state index contributed by atoms with van der Waals surface area (Å²) in [6.45, 7) is 2.79. The van der Waals surface area contributed by atoms with Crippen LogP contribution in [0.5, 0.6) is 5.75 Å². The molecule has 120 valence electrons. The van der Waals surface area contributed by atoms with Gasteiger partial charge < -0.3 is 10.1 Å². The van der Waals surface area contributed by atoms with E-state index in [-0.39, 0.29) is 5.91 Å². The molecule has 0 heterocycles. The lowest BCUT2D eigenvalue weighted by Crippen LogP contribution is -2.08. The van der Waals surface area contributed by atoms with Gasteiger partial charge in [0.2, 0.25) is 5.91 Å². The average molecular weight is 330 g/mol. The molecule has 0 radical (unpaired) electrons. The minimum atomic E-state index is -0.235. The molecule has 2 aromatic rings. The summed E-state index contributed by atoms with van der Waals surface area (Å²) in [6, 6.07) is 14.8. The second-order valence-corrected chi connectivity index (χ2v) is 5.45. The maximum absolute atomic E-state index is 12.0. The highest BCUT2D eigenvalue weighted by Gasteiger charge is 2.03. The van der Waals surface area contributed by atoms with E-state index in [0.717, 1.165) is 24.2 Å². The van der Waals surface area contributed by atoms with E-state index in [1.54, 1.807) is 18.2 Å². The zero-order chi connectivity index (χ0) is 16.5. The lowest BCUT2D eigenvalue weighted by Gasteiger charge is -2.08. The minimum absolute atomic E-state index is 0.235. The van der Waals surface area contributed by atoms with Gasteiger partial charge in [0.15, 0.2) is 0 Å². The van der Waals surface area contributed by atoms with E-state index in [1.165, 1.54) is 6.08 Å². The van der Waals surface area contributed by atoms with Gasteiger partial charge in [-0.25, -0.2) is 0 Å². The third-order valence-electron chi connectivity index (χ3n) is 3.22. The smallest absolute Gasteiger partial charge is 0.248 e. The molecule has 23 heavy (non-hydrogen) atoms. The second-order valence-electron chi connectivity index (χ2n) is 5.04. The van der Waals surface area contributed by atoms with Crippen LogP contribution in [-0.4, -0.2) is 12.5 Å². The Balaban J connectivity index is 2.02. The van der Waals surface area contributed by atoms with Crippen LogP contribution in [0.1, 0.15) is 25.3 Å². The van der Waals surface area contributed by atoms with Crippen molar-refractivity contribution in [1.29, 1.82) is 0 Å². The van der Waals surface area contributed by atoms with Crippen molar-refractivity contribution in [3.63, 3.8) is 0 Å². The van der Waals surface area contributed by atoms with E-state index >= 15 is 0 Å². The number of carbonyl (C=O) groups is 1. The van der Waals surface area contributed by atoms with Crippen LogP contribution in [-0.2, 0) is 4.79 Å². The highest BCUT2D eigenvalue weighted by molar-refractivity contribution is 6.33. The number of benzene rings is 2. The molecular formula is C19H20ClNO2. The van der Waals surface area contributed by atoms with Gasteiger partial charge in [-0.1, -0.05) is 55.3 Å². The van der Waals surface area contributed by atoms with Crippen molar-refractivity contribution in [3.05, 3.63) is 65.2 Å². The molecule has 3 nitrogen and oxygen atoms in total. The molecule has 0 saturated heterocycles. The Morgan fingerprint density at radius 3 is 2.70 bits per heavy atom. The Kier molecular flexibility index (Phi) is 6.70. The van der Waals surface area contributed by atoms with Crippen LogP contribution < -0.4 is 10.1 Å². The van der Waals surface area contributed by atoms with Gasteiger partial charge in [-0.15, -0.1) is 0 Å². The predicted molar refractivity (Wildman–Crippen MR) is 96.0 cm³/mol. The van der Waals surface area contributed by atoms with Gasteiger partial charge in [0.25, 0.3) is 0 Å². The van der Waals surface area contributed by atoms with Crippen LogP contribution in [0.4, 0.5) is 5.69 Å². The van der Waals surface area contributed by atoms with Crippen molar-refractivity contribution in [2.45, 2.75) is 19.8 Å². The van der Waals surface area contributed by atoms with Crippen LogP contribution in [0.2, 0.25) is 5.02 Å². The molecule has 0 aliphatic carbocycles. The van der Waals surface area contributed by atoms with E-state index in [0.29, 0.717) is 17.3 Å². The number of carbonyl (C=O) groups excluding carboxylic acids is 1. The molecule has 0 unspecified atom stereocenters. The number of ether oxygens (including phenoxy) is 1. The maximum Gasteiger partial charge on any atom is 0.248 e. The molecule has 0 aliphatic rings. The summed E-state index contributed by atoms with van der Waals surface area (Å²) in [5, 5.41) is 3.27. The second kappa shape index (κ2) is 9.01. The molecular weight excluding hydrogens is 310 g/mol. The molecule has 0 aromatic heterocycles. The summed E-state index contributed by atoms with van der Waals surface area (Å²) >= 11 is 6.02. The molecule has 2 aromatic carbocycles. The highest BCUT2D eigenvalue weighted by atomic mass is 35.5. The van der Waals surface area contributed by atoms with Crippen LogP contribution in [0.25, 0.3) is 6.08 Å². The van der Waals surface area contributed by atoms with E-state index in [1.807, 2.05) is 36.4 Å². The van der Waals surface area contributed by atoms with E-state index in [9.17, 15) is 4.79 Å². The van der Waals surface area contributed by atoms with Gasteiger partial charge in [-0.2, -0.15) is 0 Å². The summed E-state index contributed by atoms with van der Waals surface area (Å²) in [4.78, 5) is 12.0. The first kappa shape index (κ1) is 17.1. The van der Waals surface area contributed by atoms with Gasteiger partial charge in [-0.05, 0) is 30.7 Å². The number of hydrogen-bond donors (Lipinski definition) is 1. The molecule has 4 heteroatoms. The summed E-state index contributed by atoms with van der Waals surface area (Å²) in [7, 11) is 0. The number of rotatable bonds is 7. The van der Waals surface area contributed by atoms with Gasteiger partial charge in [-0.3, -0.25) is 4.79 Å². The molecule has 1 amide bonds. The van der Waals surface area contributed by atoms with Crippen LogP contribution >= 0.6 is 11.6 Å². The quantitative estimate of drug-likeness (QED) is 0.562. The van der Waals surface area contributed by atoms with Crippen LogP contribution in [0, 0.1) is 0 Å². The topological polar surface area (TPSA) is 38.3 Å². The number of unbranched alkanes of at least 4 members (excludes halogenated alkanes) is 1. The fourth-order valence-corrected chi connectivity index (χ4v) is 2.16. The van der Waals surface area contributed by atoms with Gasteiger partial charge in [0, 0.05) is 11.6 Å². The number of nitrogens with one attached hydrogen (secondary N) is 1. The first-order valence-corrected chi connectivity index (χ1v) is 8.04. The SMILES string of the molecule is CCCCOc1ccccc1/C=C/C(=O)Nc1ccccc1Cl. The van der Waals surface area contributed by atoms with Gasteiger partial charge >= 0.3 is 0 Å². The van der Waals surface area contributed by atoms with Crippen LogP contribution in [0.15, 0.2) is 54.6 Å². The van der Waals surface area contributed by atoms with Gasteiger partial charge in [0.1, 0.15) is 5.75 Å². The Morgan fingerprint density at radius 2 is 1.91 bits per heavy atom. The van der Waals surface area contributed by atoms with Crippen molar-refractivity contribution < 1.29 is 9.53 Å². The largest absolute Gasteiger partial charge is 0.493 e. The average Bonchev–Trinajstić information content (AvgIpc) is 2.56. The summed E-state index contributed by atoms with van der Waals surface area (Å²) in [5.41, 5.74) is 1.47. The molecule has 0 spiro atoms. The molecule has 0 atom stereocenters. The number of anilines is 1. The maximum atomic E-state index is 12.0. The molecule has 0 bridgehead atoms. The molecule has 0 saturated carbocycles. The summed E-state index contributed by atoms with van der Waals surface area (Å²) in [6.07, 6.45) is 5.31. The highest BCUT2D eigenvalue weighted by Crippen LogP contribution is 2.22. The number of hydrogen-bond acceptors (Lipinski definition) is 2. The minimum Gasteiger partial charge on any atom is -0.493 e. The fraction of sp³-hybridized carbons (Fsp3) is 0.211. The van der Waals surface area contributed by atoms with Gasteiger partial charge in [0.05, 0.1) is 17.3 Å². The number of amides is 1.